The molecule has 1 heterocycles. The number of aryl methyl sites for hydroxylation is 2. The Morgan fingerprint density at radius 3 is 2.36 bits per heavy atom. The highest BCUT2D eigenvalue weighted by molar-refractivity contribution is 5.60. The van der Waals surface area contributed by atoms with E-state index in [0.717, 1.165) is 11.3 Å². The Bertz CT molecular complexity index is 415. The van der Waals surface area contributed by atoms with Crippen LogP contribution in [0.3, 0.4) is 0 Å². The van der Waals surface area contributed by atoms with Crippen LogP contribution >= 0.6 is 0 Å². The number of hydrogen-bond donors (Lipinski definition) is 0. The predicted octanol–water partition coefficient (Wildman–Crippen LogP) is 2.56. The van der Waals surface area contributed by atoms with Crippen LogP contribution in [0, 0.1) is 20.0 Å². The van der Waals surface area contributed by atoms with Gasteiger partial charge in [0.05, 0.1) is 5.69 Å². The van der Waals surface area contributed by atoms with Crippen molar-refractivity contribution in [3.63, 3.8) is 0 Å². The molecule has 0 unspecified atom stereocenters. The smallest absolute Gasteiger partial charge is 0.113 e. The Morgan fingerprint density at radius 1 is 1.07 bits per heavy atom. The van der Waals surface area contributed by atoms with Gasteiger partial charge in [0.25, 0.3) is 0 Å². The van der Waals surface area contributed by atoms with Gasteiger partial charge in [-0.15, -0.1) is 10.2 Å². The molecule has 0 saturated heterocycles. The van der Waals surface area contributed by atoms with E-state index in [9.17, 15) is 0 Å². The van der Waals surface area contributed by atoms with Gasteiger partial charge in [-0.05, 0) is 38.1 Å². The van der Waals surface area contributed by atoms with Gasteiger partial charge in [0.1, 0.15) is 6.20 Å². The molecule has 0 atom stereocenters. The van der Waals surface area contributed by atoms with Gasteiger partial charge in [-0.2, -0.15) is 0 Å². The zero-order valence-electron chi connectivity index (χ0n) is 8.28. The summed E-state index contributed by atoms with van der Waals surface area (Å²) in [4.78, 5) is 0. The summed E-state index contributed by atoms with van der Waals surface area (Å²) >= 11 is 0. The first-order chi connectivity index (χ1) is 6.75. The first kappa shape index (κ1) is 8.88. The van der Waals surface area contributed by atoms with Crippen molar-refractivity contribution < 1.29 is 0 Å². The maximum atomic E-state index is 4.03. The lowest BCUT2D eigenvalue weighted by atomic mass is 10.1. The molecule has 0 amide bonds. The second-order valence-corrected chi connectivity index (χ2v) is 3.42. The van der Waals surface area contributed by atoms with Crippen LogP contribution in [0.2, 0.25) is 0 Å². The highest BCUT2D eigenvalue weighted by Gasteiger charge is 2.00. The van der Waals surface area contributed by atoms with Crippen LogP contribution in [0.15, 0.2) is 30.3 Å². The molecule has 0 aliphatic carbocycles. The summed E-state index contributed by atoms with van der Waals surface area (Å²) in [6.07, 6.45) is 2.67. The lowest BCUT2D eigenvalue weighted by molar-refractivity contribution is 1.03. The second kappa shape index (κ2) is 3.58. The molecule has 1 aromatic carbocycles. The van der Waals surface area contributed by atoms with Crippen molar-refractivity contribution in [3.05, 3.63) is 47.7 Å². The third kappa shape index (κ3) is 1.79. The Hall–Kier alpha value is -1.70. The van der Waals surface area contributed by atoms with Gasteiger partial charge in [-0.1, -0.05) is 17.2 Å². The van der Waals surface area contributed by atoms with Gasteiger partial charge in [0.15, 0.2) is 0 Å². The lowest BCUT2D eigenvalue weighted by Gasteiger charge is -2.02. The minimum absolute atomic E-state index is 0.899. The van der Waals surface area contributed by atoms with Crippen LogP contribution in [0.4, 0.5) is 0 Å². The molecular weight excluding hydrogens is 172 g/mol. The number of hydrogen-bond acceptors (Lipinski definition) is 2. The summed E-state index contributed by atoms with van der Waals surface area (Å²) in [5.41, 5.74) is 4.50. The minimum atomic E-state index is 0.899. The first-order valence-electron chi connectivity index (χ1n) is 4.54. The summed E-state index contributed by atoms with van der Waals surface area (Å²) in [5, 5.41) is 7.77. The van der Waals surface area contributed by atoms with Crippen molar-refractivity contribution in [1.29, 1.82) is 0 Å². The fourth-order valence-corrected chi connectivity index (χ4v) is 1.54. The molecule has 1 aromatic heterocycles. The molecule has 0 aliphatic heterocycles. The molecular formula is C12H11N2. The van der Waals surface area contributed by atoms with Crippen LogP contribution in [-0.2, 0) is 0 Å². The van der Waals surface area contributed by atoms with Gasteiger partial charge in [0.2, 0.25) is 0 Å². The second-order valence-electron chi connectivity index (χ2n) is 3.42. The Balaban J connectivity index is 2.52. The van der Waals surface area contributed by atoms with Crippen LogP contribution in [0.5, 0.6) is 0 Å². The molecule has 0 aliphatic rings. The molecule has 0 saturated carbocycles. The summed E-state index contributed by atoms with van der Waals surface area (Å²) < 4.78 is 0. The van der Waals surface area contributed by atoms with E-state index in [-0.39, 0.29) is 0 Å². The fourth-order valence-electron chi connectivity index (χ4n) is 1.54. The van der Waals surface area contributed by atoms with Gasteiger partial charge >= 0.3 is 0 Å². The molecule has 2 heteroatoms. The van der Waals surface area contributed by atoms with Crippen molar-refractivity contribution in [2.75, 3.05) is 0 Å². The van der Waals surface area contributed by atoms with E-state index in [0.29, 0.717) is 0 Å². The van der Waals surface area contributed by atoms with Crippen LogP contribution in [-0.4, -0.2) is 10.2 Å². The van der Waals surface area contributed by atoms with Gasteiger partial charge in [0, 0.05) is 5.56 Å². The Morgan fingerprint density at radius 2 is 1.79 bits per heavy atom. The summed E-state index contributed by atoms with van der Waals surface area (Å²) in [5.74, 6) is 0. The quantitative estimate of drug-likeness (QED) is 0.679. The lowest BCUT2D eigenvalue weighted by Crippen LogP contribution is -1.87. The molecule has 2 rings (SSSR count). The van der Waals surface area contributed by atoms with Gasteiger partial charge < -0.3 is 0 Å². The first-order valence-corrected chi connectivity index (χ1v) is 4.54. The Kier molecular flexibility index (Phi) is 2.27. The average Bonchev–Trinajstić information content (AvgIpc) is 2.18. The number of rotatable bonds is 1. The fraction of sp³-hybridized carbons (Fsp3) is 0.167. The molecule has 0 spiro atoms. The molecule has 2 nitrogen and oxygen atoms in total. The van der Waals surface area contributed by atoms with Crippen molar-refractivity contribution in [2.45, 2.75) is 13.8 Å². The maximum absolute atomic E-state index is 4.03. The van der Waals surface area contributed by atoms with E-state index in [2.05, 4.69) is 48.4 Å². The third-order valence-electron chi connectivity index (χ3n) is 2.05. The summed E-state index contributed by atoms with van der Waals surface area (Å²) in [7, 11) is 0. The van der Waals surface area contributed by atoms with Crippen molar-refractivity contribution in [2.24, 2.45) is 0 Å². The van der Waals surface area contributed by atoms with E-state index in [1.54, 1.807) is 6.07 Å². The van der Waals surface area contributed by atoms with E-state index in [4.69, 9.17) is 0 Å². The molecule has 14 heavy (non-hydrogen) atoms. The molecule has 0 bridgehead atoms. The highest BCUT2D eigenvalue weighted by Crippen LogP contribution is 2.18. The average molecular weight is 183 g/mol. The van der Waals surface area contributed by atoms with E-state index >= 15 is 0 Å². The maximum Gasteiger partial charge on any atom is 0.113 e. The van der Waals surface area contributed by atoms with Crippen LogP contribution < -0.4 is 0 Å². The monoisotopic (exact) mass is 183 g/mol. The zero-order valence-corrected chi connectivity index (χ0v) is 8.28. The van der Waals surface area contributed by atoms with E-state index in [1.807, 2.05) is 6.07 Å². The largest absolute Gasteiger partial charge is 0.150 e. The molecule has 0 fully saturated rings. The zero-order chi connectivity index (χ0) is 9.97. The van der Waals surface area contributed by atoms with Crippen molar-refractivity contribution >= 4 is 0 Å². The number of aromatic nitrogens is 2. The van der Waals surface area contributed by atoms with Crippen LogP contribution in [0.1, 0.15) is 11.1 Å². The Labute approximate surface area is 83.6 Å². The van der Waals surface area contributed by atoms with E-state index in [1.165, 1.54) is 11.1 Å². The summed E-state index contributed by atoms with van der Waals surface area (Å²) in [6.45, 7) is 4.16. The third-order valence-corrected chi connectivity index (χ3v) is 2.05. The van der Waals surface area contributed by atoms with E-state index < -0.39 is 0 Å². The van der Waals surface area contributed by atoms with Crippen molar-refractivity contribution in [3.8, 4) is 11.3 Å². The topological polar surface area (TPSA) is 25.8 Å². The summed E-state index contributed by atoms with van der Waals surface area (Å²) in [6, 6.07) is 10.1. The molecule has 2 aromatic rings. The standard InChI is InChI=1S/C12H11N2/c1-9-6-10(2)8-11(7-9)12-4-3-5-13-14-12/h3-4,6-8H,1-2H3. The SMILES string of the molecule is Cc1cc(C)cc(-c2cc[c]nn2)c1. The molecule has 69 valence electrons. The molecule has 0 N–H and O–H groups in total. The van der Waals surface area contributed by atoms with Crippen molar-refractivity contribution in [1.82, 2.24) is 10.2 Å². The minimum Gasteiger partial charge on any atom is -0.150 e. The number of benzene rings is 1. The van der Waals surface area contributed by atoms with Gasteiger partial charge in [-0.3, -0.25) is 0 Å². The highest BCUT2D eigenvalue weighted by atomic mass is 15.1. The normalized spacial score (nSPS) is 10.1. The van der Waals surface area contributed by atoms with Crippen LogP contribution in [0.25, 0.3) is 11.3 Å². The number of nitrogens with zero attached hydrogens (tertiary/aromatic N) is 2. The molecule has 1 radical (unpaired) electrons. The van der Waals surface area contributed by atoms with Gasteiger partial charge in [-0.25, -0.2) is 0 Å². The predicted molar refractivity (Wildman–Crippen MR) is 55.8 cm³/mol.